The van der Waals surface area contributed by atoms with Gasteiger partial charge in [0.15, 0.2) is 17.9 Å². The monoisotopic (exact) mass is 350 g/mol. The molecule has 3 N–H and O–H groups in total. The molecule has 2 unspecified atom stereocenters. The van der Waals surface area contributed by atoms with Crippen molar-refractivity contribution in [3.05, 3.63) is 52.6 Å². The van der Waals surface area contributed by atoms with Crippen molar-refractivity contribution in [2.45, 2.75) is 31.5 Å². The van der Waals surface area contributed by atoms with E-state index in [0.717, 1.165) is 10.8 Å². The second-order valence-corrected chi connectivity index (χ2v) is 5.53. The number of aliphatic hydroxyl groups is 2. The number of nitrogens with one attached hydrogen (secondary N) is 1. The summed E-state index contributed by atoms with van der Waals surface area (Å²) < 4.78 is 20.2. The van der Waals surface area contributed by atoms with Gasteiger partial charge in [0.1, 0.15) is 12.2 Å². The van der Waals surface area contributed by atoms with Gasteiger partial charge in [-0.1, -0.05) is 0 Å². The number of carbonyl (C=O) groups is 1. The van der Waals surface area contributed by atoms with Crippen LogP contribution in [0.15, 0.2) is 35.5 Å². The highest BCUT2D eigenvalue weighted by Gasteiger charge is 2.42. The number of hydrogen-bond donors (Lipinski definition) is 3. The Balaban J connectivity index is 1.86. The van der Waals surface area contributed by atoms with E-state index < -0.39 is 47.8 Å². The van der Waals surface area contributed by atoms with Gasteiger partial charge in [-0.15, -0.1) is 0 Å². The van der Waals surface area contributed by atoms with Gasteiger partial charge in [-0.05, 0) is 19.1 Å². The quantitative estimate of drug-likeness (QED) is 0.692. The third kappa shape index (κ3) is 3.27. The zero-order valence-corrected chi connectivity index (χ0v) is 13.0. The van der Waals surface area contributed by atoms with Gasteiger partial charge in [-0.2, -0.15) is 4.98 Å². The van der Waals surface area contributed by atoms with E-state index in [4.69, 9.17) is 4.74 Å². The SMILES string of the molecule is C[C@H]1O[C@@H](n2cc(F)c(NC(=O)c3ccncc3)nc2=O)C(O)C1O. The summed E-state index contributed by atoms with van der Waals surface area (Å²) in [5.41, 5.74) is -0.733. The number of amides is 1. The number of hydrogen-bond acceptors (Lipinski definition) is 7. The normalized spacial score (nSPS) is 25.8. The molecule has 3 rings (SSSR count). The number of nitrogens with zero attached hydrogens (tertiary/aromatic N) is 3. The average Bonchev–Trinajstić information content (AvgIpc) is 2.86. The molecule has 0 saturated carbocycles. The molecule has 1 aliphatic heterocycles. The lowest BCUT2D eigenvalue weighted by Gasteiger charge is -2.17. The Morgan fingerprint density at radius 1 is 1.32 bits per heavy atom. The molecular weight excluding hydrogens is 335 g/mol. The molecule has 4 atom stereocenters. The molecule has 1 aliphatic rings. The van der Waals surface area contributed by atoms with Crippen LogP contribution in [0, 0.1) is 5.82 Å². The summed E-state index contributed by atoms with van der Waals surface area (Å²) in [4.78, 5) is 31.4. The summed E-state index contributed by atoms with van der Waals surface area (Å²) >= 11 is 0. The topological polar surface area (TPSA) is 127 Å². The van der Waals surface area contributed by atoms with Crippen molar-refractivity contribution in [3.8, 4) is 0 Å². The van der Waals surface area contributed by atoms with Crippen molar-refractivity contribution >= 4 is 11.7 Å². The van der Waals surface area contributed by atoms with Crippen LogP contribution >= 0.6 is 0 Å². The predicted octanol–water partition coefficient (Wildman–Crippen LogP) is -0.331. The summed E-state index contributed by atoms with van der Waals surface area (Å²) in [6, 6.07) is 2.83. The van der Waals surface area contributed by atoms with E-state index in [1.165, 1.54) is 31.5 Å². The van der Waals surface area contributed by atoms with E-state index in [0.29, 0.717) is 0 Å². The minimum absolute atomic E-state index is 0.215. The first-order valence-corrected chi connectivity index (χ1v) is 7.40. The van der Waals surface area contributed by atoms with Crippen LogP contribution in [0.3, 0.4) is 0 Å². The molecule has 1 fully saturated rings. The smallest absolute Gasteiger partial charge is 0.351 e. The third-order valence-electron chi connectivity index (χ3n) is 3.83. The molecule has 0 radical (unpaired) electrons. The molecule has 0 aromatic carbocycles. The van der Waals surface area contributed by atoms with Gasteiger partial charge in [0.2, 0.25) is 0 Å². The lowest BCUT2D eigenvalue weighted by atomic mass is 10.1. The van der Waals surface area contributed by atoms with Crippen LogP contribution in [0.5, 0.6) is 0 Å². The maximum absolute atomic E-state index is 14.2. The molecule has 132 valence electrons. The molecule has 2 aromatic heterocycles. The number of rotatable bonds is 3. The minimum Gasteiger partial charge on any atom is -0.388 e. The van der Waals surface area contributed by atoms with E-state index in [1.54, 1.807) is 0 Å². The van der Waals surface area contributed by atoms with Gasteiger partial charge in [-0.25, -0.2) is 9.18 Å². The average molecular weight is 350 g/mol. The summed E-state index contributed by atoms with van der Waals surface area (Å²) in [5, 5.41) is 21.8. The largest absolute Gasteiger partial charge is 0.388 e. The molecule has 0 aliphatic carbocycles. The first-order valence-electron chi connectivity index (χ1n) is 7.40. The molecule has 0 spiro atoms. The first kappa shape index (κ1) is 17.1. The Morgan fingerprint density at radius 2 is 2.00 bits per heavy atom. The fourth-order valence-corrected chi connectivity index (χ4v) is 2.46. The van der Waals surface area contributed by atoms with E-state index in [1.807, 2.05) is 0 Å². The number of pyridine rings is 1. The maximum Gasteiger partial charge on any atom is 0.351 e. The van der Waals surface area contributed by atoms with Crippen molar-refractivity contribution in [2.75, 3.05) is 5.32 Å². The van der Waals surface area contributed by atoms with E-state index >= 15 is 0 Å². The highest BCUT2D eigenvalue weighted by molar-refractivity contribution is 6.03. The van der Waals surface area contributed by atoms with Gasteiger partial charge < -0.3 is 20.3 Å². The molecule has 3 heterocycles. The Kier molecular flexibility index (Phi) is 4.57. The van der Waals surface area contributed by atoms with Crippen LogP contribution in [-0.4, -0.2) is 49.0 Å². The molecular formula is C15H15FN4O5. The number of anilines is 1. The van der Waals surface area contributed by atoms with E-state index in [2.05, 4.69) is 15.3 Å². The molecule has 10 heteroatoms. The summed E-state index contributed by atoms with van der Waals surface area (Å²) in [6.45, 7) is 1.51. The van der Waals surface area contributed by atoms with Crippen molar-refractivity contribution in [1.82, 2.24) is 14.5 Å². The van der Waals surface area contributed by atoms with Crippen molar-refractivity contribution in [3.63, 3.8) is 0 Å². The van der Waals surface area contributed by atoms with Gasteiger partial charge in [0, 0.05) is 18.0 Å². The van der Waals surface area contributed by atoms with Crippen LogP contribution in [-0.2, 0) is 4.74 Å². The molecule has 1 saturated heterocycles. The zero-order valence-electron chi connectivity index (χ0n) is 13.0. The fourth-order valence-electron chi connectivity index (χ4n) is 2.46. The Labute approximate surface area is 140 Å². The van der Waals surface area contributed by atoms with Crippen molar-refractivity contribution in [1.29, 1.82) is 0 Å². The van der Waals surface area contributed by atoms with Crippen LogP contribution in [0.2, 0.25) is 0 Å². The van der Waals surface area contributed by atoms with E-state index in [-0.39, 0.29) is 5.56 Å². The van der Waals surface area contributed by atoms with Gasteiger partial charge in [0.05, 0.1) is 12.3 Å². The lowest BCUT2D eigenvalue weighted by Crippen LogP contribution is -2.36. The van der Waals surface area contributed by atoms with Gasteiger partial charge >= 0.3 is 5.69 Å². The number of carbonyl (C=O) groups excluding carboxylic acids is 1. The van der Waals surface area contributed by atoms with Crippen LogP contribution in [0.1, 0.15) is 23.5 Å². The number of aliphatic hydroxyl groups excluding tert-OH is 2. The summed E-state index contributed by atoms with van der Waals surface area (Å²) in [6.07, 6.45) is -1.09. The Bertz CT molecular complexity index is 844. The molecule has 1 amide bonds. The first-order chi connectivity index (χ1) is 11.9. The fraction of sp³-hybridized carbons (Fsp3) is 0.333. The minimum atomic E-state index is -1.41. The second kappa shape index (κ2) is 6.67. The third-order valence-corrected chi connectivity index (χ3v) is 3.83. The van der Waals surface area contributed by atoms with Crippen LogP contribution in [0.4, 0.5) is 10.2 Å². The summed E-state index contributed by atoms with van der Waals surface area (Å²) in [7, 11) is 0. The molecule has 2 aromatic rings. The van der Waals surface area contributed by atoms with Crippen LogP contribution < -0.4 is 11.0 Å². The Hall–Kier alpha value is -2.69. The Morgan fingerprint density at radius 3 is 2.60 bits per heavy atom. The lowest BCUT2D eigenvalue weighted by molar-refractivity contribution is -0.0355. The predicted molar refractivity (Wildman–Crippen MR) is 82.2 cm³/mol. The number of halogens is 1. The number of ether oxygens (including phenoxy) is 1. The summed E-state index contributed by atoms with van der Waals surface area (Å²) in [5.74, 6) is -2.21. The maximum atomic E-state index is 14.2. The highest BCUT2D eigenvalue weighted by Crippen LogP contribution is 2.28. The van der Waals surface area contributed by atoms with Crippen LogP contribution in [0.25, 0.3) is 0 Å². The van der Waals surface area contributed by atoms with Crippen molar-refractivity contribution < 1.29 is 24.1 Å². The molecule has 0 bridgehead atoms. The van der Waals surface area contributed by atoms with Crippen molar-refractivity contribution in [2.24, 2.45) is 0 Å². The second-order valence-electron chi connectivity index (χ2n) is 5.53. The number of aromatic nitrogens is 3. The zero-order chi connectivity index (χ0) is 18.1. The molecule has 9 nitrogen and oxygen atoms in total. The van der Waals surface area contributed by atoms with E-state index in [9.17, 15) is 24.2 Å². The van der Waals surface area contributed by atoms with Gasteiger partial charge in [-0.3, -0.25) is 14.3 Å². The van der Waals surface area contributed by atoms with Gasteiger partial charge in [0.25, 0.3) is 5.91 Å². The highest BCUT2D eigenvalue weighted by atomic mass is 19.1. The molecule has 25 heavy (non-hydrogen) atoms. The standard InChI is InChI=1S/C15H15FN4O5/c1-7-10(21)11(22)14(25-7)20-6-9(16)12(19-15(20)24)18-13(23)8-2-4-17-5-3-8/h2-7,10-11,14,21-22H,1H3,(H,18,19,23,24)/t7-,10?,11?,14-/m1/s1.